The maximum Gasteiger partial charge on any atom is 0.120 e. The van der Waals surface area contributed by atoms with Gasteiger partial charge in [-0.3, -0.25) is 0 Å². The standard InChI is InChI=1S/C13H18O2/c1-9(2)10-4-3-5-12(6-10)15-13-7-11(14)8-13/h3-6,9,11,13-14H,7-8H2,1-2H3. The second-order valence-electron chi connectivity index (χ2n) is 4.59. The molecule has 2 rings (SSSR count). The second kappa shape index (κ2) is 4.23. The molecule has 0 aliphatic heterocycles. The molecule has 0 unspecified atom stereocenters. The Hall–Kier alpha value is -1.02. The predicted octanol–water partition coefficient (Wildman–Crippen LogP) is 2.71. The Balaban J connectivity index is 1.99. The van der Waals surface area contributed by atoms with Crippen molar-refractivity contribution < 1.29 is 9.84 Å². The Bertz CT molecular complexity index is 327. The van der Waals surface area contributed by atoms with Crippen LogP contribution >= 0.6 is 0 Å². The van der Waals surface area contributed by atoms with Crippen molar-refractivity contribution in [1.29, 1.82) is 0 Å². The highest BCUT2D eigenvalue weighted by molar-refractivity contribution is 5.30. The number of aliphatic hydroxyl groups excluding tert-OH is 1. The van der Waals surface area contributed by atoms with E-state index in [-0.39, 0.29) is 12.2 Å². The highest BCUT2D eigenvalue weighted by Crippen LogP contribution is 2.27. The summed E-state index contributed by atoms with van der Waals surface area (Å²) in [5.74, 6) is 1.46. The van der Waals surface area contributed by atoms with Gasteiger partial charge in [-0.05, 0) is 23.6 Å². The Morgan fingerprint density at radius 1 is 1.33 bits per heavy atom. The van der Waals surface area contributed by atoms with Crippen LogP contribution < -0.4 is 4.74 Å². The summed E-state index contributed by atoms with van der Waals surface area (Å²) in [5.41, 5.74) is 1.30. The van der Waals surface area contributed by atoms with Gasteiger partial charge in [0.05, 0.1) is 6.10 Å². The fraction of sp³-hybridized carbons (Fsp3) is 0.538. The Morgan fingerprint density at radius 2 is 2.07 bits per heavy atom. The van der Waals surface area contributed by atoms with E-state index in [4.69, 9.17) is 9.84 Å². The first-order valence-corrected chi connectivity index (χ1v) is 5.60. The lowest BCUT2D eigenvalue weighted by Crippen LogP contribution is -2.37. The van der Waals surface area contributed by atoms with Gasteiger partial charge in [-0.1, -0.05) is 26.0 Å². The fourth-order valence-electron chi connectivity index (χ4n) is 1.77. The summed E-state index contributed by atoms with van der Waals surface area (Å²) in [7, 11) is 0. The van der Waals surface area contributed by atoms with E-state index in [9.17, 15) is 0 Å². The molecule has 2 heteroatoms. The highest BCUT2D eigenvalue weighted by Gasteiger charge is 2.28. The molecule has 0 bridgehead atoms. The van der Waals surface area contributed by atoms with E-state index in [1.807, 2.05) is 12.1 Å². The SMILES string of the molecule is CC(C)c1cccc(OC2CC(O)C2)c1. The lowest BCUT2D eigenvalue weighted by atomic mass is 9.92. The minimum Gasteiger partial charge on any atom is -0.490 e. The van der Waals surface area contributed by atoms with E-state index in [1.54, 1.807) is 0 Å². The van der Waals surface area contributed by atoms with Crippen LogP contribution in [0.15, 0.2) is 24.3 Å². The number of benzene rings is 1. The molecule has 1 aliphatic carbocycles. The van der Waals surface area contributed by atoms with Crippen molar-refractivity contribution in [3.05, 3.63) is 29.8 Å². The van der Waals surface area contributed by atoms with Crippen LogP contribution in [-0.2, 0) is 0 Å². The first-order valence-electron chi connectivity index (χ1n) is 5.60. The average molecular weight is 206 g/mol. The second-order valence-corrected chi connectivity index (χ2v) is 4.59. The third kappa shape index (κ3) is 2.51. The Labute approximate surface area is 90.9 Å². The van der Waals surface area contributed by atoms with Gasteiger partial charge in [0, 0.05) is 12.8 Å². The van der Waals surface area contributed by atoms with Crippen LogP contribution in [0.1, 0.15) is 38.2 Å². The molecule has 0 amide bonds. The molecule has 0 saturated heterocycles. The van der Waals surface area contributed by atoms with Crippen molar-refractivity contribution >= 4 is 0 Å². The van der Waals surface area contributed by atoms with Gasteiger partial charge in [0.15, 0.2) is 0 Å². The number of hydrogen-bond donors (Lipinski definition) is 1. The van der Waals surface area contributed by atoms with Crippen LogP contribution in [0.5, 0.6) is 5.75 Å². The molecule has 0 spiro atoms. The average Bonchev–Trinajstić information content (AvgIpc) is 2.16. The monoisotopic (exact) mass is 206 g/mol. The minimum atomic E-state index is -0.150. The topological polar surface area (TPSA) is 29.5 Å². The van der Waals surface area contributed by atoms with Crippen molar-refractivity contribution in [3.8, 4) is 5.75 Å². The van der Waals surface area contributed by atoms with Gasteiger partial charge in [0.2, 0.25) is 0 Å². The first-order chi connectivity index (χ1) is 7.15. The minimum absolute atomic E-state index is 0.150. The molecular weight excluding hydrogens is 188 g/mol. The quantitative estimate of drug-likeness (QED) is 0.824. The maximum absolute atomic E-state index is 9.16. The van der Waals surface area contributed by atoms with Gasteiger partial charge in [-0.15, -0.1) is 0 Å². The zero-order chi connectivity index (χ0) is 10.8. The smallest absolute Gasteiger partial charge is 0.120 e. The summed E-state index contributed by atoms with van der Waals surface area (Å²) in [5, 5.41) is 9.16. The van der Waals surface area contributed by atoms with Crippen molar-refractivity contribution in [2.24, 2.45) is 0 Å². The van der Waals surface area contributed by atoms with E-state index in [2.05, 4.69) is 26.0 Å². The van der Waals surface area contributed by atoms with E-state index >= 15 is 0 Å². The predicted molar refractivity (Wildman–Crippen MR) is 60.2 cm³/mol. The molecule has 1 fully saturated rings. The van der Waals surface area contributed by atoms with Crippen molar-refractivity contribution in [2.45, 2.75) is 44.8 Å². The van der Waals surface area contributed by atoms with Gasteiger partial charge < -0.3 is 9.84 Å². The normalized spacial score (nSPS) is 25.1. The van der Waals surface area contributed by atoms with Crippen molar-refractivity contribution in [1.82, 2.24) is 0 Å². The molecule has 0 atom stereocenters. The van der Waals surface area contributed by atoms with Crippen LogP contribution in [0.4, 0.5) is 0 Å². The lowest BCUT2D eigenvalue weighted by Gasteiger charge is -2.31. The summed E-state index contributed by atoms with van der Waals surface area (Å²) >= 11 is 0. The molecule has 1 saturated carbocycles. The summed E-state index contributed by atoms with van der Waals surface area (Å²) in [4.78, 5) is 0. The third-order valence-corrected chi connectivity index (χ3v) is 2.90. The molecular formula is C13H18O2. The fourth-order valence-corrected chi connectivity index (χ4v) is 1.77. The van der Waals surface area contributed by atoms with Gasteiger partial charge in [0.1, 0.15) is 11.9 Å². The molecule has 82 valence electrons. The number of rotatable bonds is 3. The van der Waals surface area contributed by atoms with E-state index < -0.39 is 0 Å². The summed E-state index contributed by atoms with van der Waals surface area (Å²) in [6.45, 7) is 4.35. The Morgan fingerprint density at radius 3 is 2.67 bits per heavy atom. The van der Waals surface area contributed by atoms with E-state index in [0.717, 1.165) is 18.6 Å². The number of ether oxygens (including phenoxy) is 1. The first kappa shape index (κ1) is 10.5. The molecule has 0 heterocycles. The van der Waals surface area contributed by atoms with E-state index in [1.165, 1.54) is 5.56 Å². The van der Waals surface area contributed by atoms with Gasteiger partial charge >= 0.3 is 0 Å². The zero-order valence-corrected chi connectivity index (χ0v) is 9.31. The van der Waals surface area contributed by atoms with Crippen LogP contribution in [0.3, 0.4) is 0 Å². The number of hydrogen-bond acceptors (Lipinski definition) is 2. The highest BCUT2D eigenvalue weighted by atomic mass is 16.5. The van der Waals surface area contributed by atoms with Crippen LogP contribution in [0.25, 0.3) is 0 Å². The molecule has 2 nitrogen and oxygen atoms in total. The summed E-state index contributed by atoms with van der Waals surface area (Å²) < 4.78 is 5.75. The van der Waals surface area contributed by atoms with Gasteiger partial charge in [-0.2, -0.15) is 0 Å². The van der Waals surface area contributed by atoms with Crippen LogP contribution in [-0.4, -0.2) is 17.3 Å². The van der Waals surface area contributed by atoms with E-state index in [0.29, 0.717) is 5.92 Å². The van der Waals surface area contributed by atoms with Crippen molar-refractivity contribution in [2.75, 3.05) is 0 Å². The van der Waals surface area contributed by atoms with Crippen LogP contribution in [0.2, 0.25) is 0 Å². The Kier molecular flexibility index (Phi) is 2.96. The van der Waals surface area contributed by atoms with Gasteiger partial charge in [0.25, 0.3) is 0 Å². The van der Waals surface area contributed by atoms with Crippen molar-refractivity contribution in [3.63, 3.8) is 0 Å². The molecule has 0 radical (unpaired) electrons. The third-order valence-electron chi connectivity index (χ3n) is 2.90. The molecule has 1 aliphatic rings. The van der Waals surface area contributed by atoms with Crippen LogP contribution in [0, 0.1) is 0 Å². The lowest BCUT2D eigenvalue weighted by molar-refractivity contribution is -0.0108. The maximum atomic E-state index is 9.16. The summed E-state index contributed by atoms with van der Waals surface area (Å²) in [6.07, 6.45) is 1.60. The number of aliphatic hydroxyl groups is 1. The largest absolute Gasteiger partial charge is 0.490 e. The molecule has 1 aromatic carbocycles. The zero-order valence-electron chi connectivity index (χ0n) is 9.31. The molecule has 1 aromatic rings. The molecule has 0 aromatic heterocycles. The van der Waals surface area contributed by atoms with Gasteiger partial charge in [-0.25, -0.2) is 0 Å². The molecule has 1 N–H and O–H groups in total. The molecule has 15 heavy (non-hydrogen) atoms. The summed E-state index contributed by atoms with van der Waals surface area (Å²) in [6, 6.07) is 8.22.